The van der Waals surface area contributed by atoms with Crippen molar-refractivity contribution in [1.29, 1.82) is 0 Å². The van der Waals surface area contributed by atoms with Crippen LogP contribution in [0.5, 0.6) is 11.5 Å². The van der Waals surface area contributed by atoms with Gasteiger partial charge in [-0.1, -0.05) is 60.7 Å². The number of alkyl halides is 3. The average molecular weight is 680 g/mol. The van der Waals surface area contributed by atoms with Crippen molar-refractivity contribution in [2.24, 2.45) is 0 Å². The largest absolute Gasteiger partial charge is 0.496 e. The Hall–Kier alpha value is -4.53. The van der Waals surface area contributed by atoms with Crippen LogP contribution in [0.4, 0.5) is 13.2 Å². The van der Waals surface area contributed by atoms with Crippen molar-refractivity contribution in [2.75, 3.05) is 60.2 Å². The maximum Gasteiger partial charge on any atom is 0.453 e. The minimum atomic E-state index is -4.78. The third-order valence-corrected chi connectivity index (χ3v) is 9.31. The lowest BCUT2D eigenvalue weighted by Gasteiger charge is -2.53. The van der Waals surface area contributed by atoms with Crippen LogP contribution in [-0.2, 0) is 22.3 Å². The number of hydrogen-bond acceptors (Lipinski definition) is 9. The van der Waals surface area contributed by atoms with Crippen molar-refractivity contribution >= 4 is 5.91 Å². The number of nitrogens with zero attached hydrogens (tertiary/aromatic N) is 7. The fraction of sp³-hybridized carbons (Fsp3) is 0.429. The minimum Gasteiger partial charge on any atom is -0.496 e. The van der Waals surface area contributed by atoms with Gasteiger partial charge < -0.3 is 19.1 Å². The Bertz CT molecular complexity index is 1670. The van der Waals surface area contributed by atoms with Crippen LogP contribution in [-0.4, -0.2) is 113 Å². The molecule has 1 aromatic heterocycles. The molecule has 0 spiro atoms. The number of benzene rings is 3. The smallest absolute Gasteiger partial charge is 0.453 e. The van der Waals surface area contributed by atoms with E-state index in [-0.39, 0.29) is 42.0 Å². The standard InChI is InChI=1S/C35H40F3N7O4/c1-4-49-23-31(46)43-17-18-44-26(20-43)19-42(22-29(44)32(24-11-7-5-8-12-24)25-13-9-6-10-14-25)21-27-30(47-2)16-15-28(33(27)48-3)45-34(35(36,37)38)39-40-41-45/h5-16,26,29,32H,4,17-23H2,1-3H3/t26-,29+/m1/s1. The summed E-state index contributed by atoms with van der Waals surface area (Å²) in [5.74, 6) is -0.667. The molecule has 0 unspecified atom stereocenters. The van der Waals surface area contributed by atoms with E-state index >= 15 is 0 Å². The summed E-state index contributed by atoms with van der Waals surface area (Å²) in [4.78, 5) is 19.8. The van der Waals surface area contributed by atoms with Gasteiger partial charge in [-0.25, -0.2) is 0 Å². The van der Waals surface area contributed by atoms with Gasteiger partial charge in [0.2, 0.25) is 5.91 Å². The molecule has 0 bridgehead atoms. The molecule has 2 fully saturated rings. The first-order valence-electron chi connectivity index (χ1n) is 16.3. The van der Waals surface area contributed by atoms with Crippen LogP contribution in [0, 0.1) is 0 Å². The first kappa shape index (κ1) is 34.3. The van der Waals surface area contributed by atoms with Gasteiger partial charge in [-0.05, 0) is 40.6 Å². The van der Waals surface area contributed by atoms with Gasteiger partial charge in [0, 0.05) is 63.9 Å². The third kappa shape index (κ3) is 7.26. The monoisotopic (exact) mass is 679 g/mol. The van der Waals surface area contributed by atoms with Gasteiger partial charge in [0.1, 0.15) is 18.0 Å². The topological polar surface area (TPSA) is 98.1 Å². The van der Waals surface area contributed by atoms with Gasteiger partial charge in [-0.3, -0.25) is 14.6 Å². The van der Waals surface area contributed by atoms with Gasteiger partial charge in [-0.15, -0.1) is 5.10 Å². The highest BCUT2D eigenvalue weighted by molar-refractivity contribution is 5.77. The SMILES string of the molecule is CCOCC(=O)N1CCN2[C@H](CN(Cc3c(OC)ccc(-n4nnnc4C(F)(F)F)c3OC)C[C@H]2C(c2ccccc2)c2ccccc2)C1. The summed E-state index contributed by atoms with van der Waals surface area (Å²) in [5.41, 5.74) is 2.95. The molecule has 0 radical (unpaired) electrons. The number of amides is 1. The number of hydrogen-bond donors (Lipinski definition) is 0. The second-order valence-corrected chi connectivity index (χ2v) is 12.1. The van der Waals surface area contributed by atoms with E-state index in [9.17, 15) is 18.0 Å². The van der Waals surface area contributed by atoms with Crippen LogP contribution >= 0.6 is 0 Å². The highest BCUT2D eigenvalue weighted by atomic mass is 19.4. The lowest BCUT2D eigenvalue weighted by atomic mass is 9.81. The molecule has 0 saturated carbocycles. The van der Waals surface area contributed by atoms with Crippen LogP contribution in [0.1, 0.15) is 35.4 Å². The molecule has 0 N–H and O–H groups in total. The fourth-order valence-corrected chi connectivity index (χ4v) is 7.18. The number of aromatic nitrogens is 4. The van der Waals surface area contributed by atoms with Crippen molar-refractivity contribution in [1.82, 2.24) is 34.9 Å². The molecule has 4 aromatic rings. The van der Waals surface area contributed by atoms with Gasteiger partial charge in [-0.2, -0.15) is 17.9 Å². The summed E-state index contributed by atoms with van der Waals surface area (Å²) >= 11 is 0. The molecule has 0 aliphatic carbocycles. The Balaban J connectivity index is 1.40. The summed E-state index contributed by atoms with van der Waals surface area (Å²) < 4.78 is 59.2. The van der Waals surface area contributed by atoms with E-state index in [0.29, 0.717) is 61.9 Å². The van der Waals surface area contributed by atoms with Crippen molar-refractivity contribution in [3.05, 3.63) is 95.3 Å². The first-order valence-corrected chi connectivity index (χ1v) is 16.3. The number of ether oxygens (including phenoxy) is 3. The van der Waals surface area contributed by atoms with Crippen molar-refractivity contribution in [3.8, 4) is 17.2 Å². The summed E-state index contributed by atoms with van der Waals surface area (Å²) in [6.07, 6.45) is -4.78. The number of rotatable bonds is 11. The number of methoxy groups -OCH3 is 2. The molecule has 2 saturated heterocycles. The maximum absolute atomic E-state index is 13.9. The number of carbonyl (C=O) groups is 1. The van der Waals surface area contributed by atoms with Gasteiger partial charge in [0.15, 0.2) is 5.75 Å². The van der Waals surface area contributed by atoms with Crippen LogP contribution in [0.25, 0.3) is 5.69 Å². The second kappa shape index (κ2) is 14.9. The molecule has 3 heterocycles. The van der Waals surface area contributed by atoms with E-state index in [1.165, 1.54) is 31.4 Å². The molecular formula is C35H40F3N7O4. The molecule has 3 aromatic carbocycles. The van der Waals surface area contributed by atoms with Crippen LogP contribution in [0.2, 0.25) is 0 Å². The Labute approximate surface area is 283 Å². The Morgan fingerprint density at radius 2 is 1.61 bits per heavy atom. The summed E-state index contributed by atoms with van der Waals surface area (Å²) in [5, 5.41) is 10.2. The van der Waals surface area contributed by atoms with Crippen LogP contribution < -0.4 is 9.47 Å². The Morgan fingerprint density at radius 3 is 2.22 bits per heavy atom. The van der Waals surface area contributed by atoms with Crippen molar-refractivity contribution in [2.45, 2.75) is 37.6 Å². The quantitative estimate of drug-likeness (QED) is 0.230. The van der Waals surface area contributed by atoms with Crippen molar-refractivity contribution < 1.29 is 32.2 Å². The highest BCUT2D eigenvalue weighted by Crippen LogP contribution is 2.40. The van der Waals surface area contributed by atoms with Gasteiger partial charge in [0.25, 0.3) is 5.82 Å². The molecular weight excluding hydrogens is 639 g/mol. The van der Waals surface area contributed by atoms with Crippen molar-refractivity contribution in [3.63, 3.8) is 0 Å². The molecule has 1 amide bonds. The highest BCUT2D eigenvalue weighted by Gasteiger charge is 2.44. The predicted molar refractivity (Wildman–Crippen MR) is 175 cm³/mol. The molecule has 2 aliphatic heterocycles. The summed E-state index contributed by atoms with van der Waals surface area (Å²) in [6.45, 7) is 5.68. The van der Waals surface area contributed by atoms with E-state index in [4.69, 9.17) is 14.2 Å². The fourth-order valence-electron chi connectivity index (χ4n) is 7.18. The molecule has 14 heteroatoms. The van der Waals surface area contributed by atoms with E-state index in [0.717, 1.165) is 0 Å². The predicted octanol–water partition coefficient (Wildman–Crippen LogP) is 4.26. The first-order chi connectivity index (χ1) is 23.7. The second-order valence-electron chi connectivity index (χ2n) is 12.1. The molecule has 2 aliphatic rings. The van der Waals surface area contributed by atoms with E-state index in [2.05, 4.69) is 49.6 Å². The van der Waals surface area contributed by atoms with Crippen LogP contribution in [0.3, 0.4) is 0 Å². The number of piperazine rings is 2. The Kier molecular flexibility index (Phi) is 10.5. The number of tetrazole rings is 1. The van der Waals surface area contributed by atoms with Crippen LogP contribution in [0.15, 0.2) is 72.8 Å². The molecule has 49 heavy (non-hydrogen) atoms. The molecule has 6 rings (SSSR count). The van der Waals surface area contributed by atoms with E-state index < -0.39 is 12.0 Å². The Morgan fingerprint density at radius 1 is 0.918 bits per heavy atom. The molecule has 260 valence electrons. The average Bonchev–Trinajstić information content (AvgIpc) is 3.62. The zero-order valence-corrected chi connectivity index (χ0v) is 27.7. The zero-order chi connectivity index (χ0) is 34.5. The normalized spacial score (nSPS) is 18.8. The minimum absolute atomic E-state index is 0.00377. The lowest BCUT2D eigenvalue weighted by molar-refractivity contribution is -0.146. The maximum atomic E-state index is 13.9. The zero-order valence-electron chi connectivity index (χ0n) is 27.7. The number of halogens is 3. The van der Waals surface area contributed by atoms with Gasteiger partial charge in [0.05, 0.1) is 19.8 Å². The van der Waals surface area contributed by atoms with Gasteiger partial charge >= 0.3 is 6.18 Å². The third-order valence-electron chi connectivity index (χ3n) is 9.31. The van der Waals surface area contributed by atoms with E-state index in [1.807, 2.05) is 48.2 Å². The number of fused-ring (bicyclic) bond motifs is 1. The molecule has 11 nitrogen and oxygen atoms in total. The summed E-state index contributed by atoms with van der Waals surface area (Å²) in [6, 6.07) is 23.8. The lowest BCUT2D eigenvalue weighted by Crippen LogP contribution is -2.67. The number of carbonyl (C=O) groups excluding carboxylic acids is 1. The summed E-state index contributed by atoms with van der Waals surface area (Å²) in [7, 11) is 2.92. The van der Waals surface area contributed by atoms with E-state index in [1.54, 1.807) is 6.07 Å². The molecule has 2 atom stereocenters.